The predicted octanol–water partition coefficient (Wildman–Crippen LogP) is 2.43. The van der Waals surface area contributed by atoms with E-state index in [1.54, 1.807) is 24.3 Å². The van der Waals surface area contributed by atoms with Crippen LogP contribution in [0.3, 0.4) is 0 Å². The van der Waals surface area contributed by atoms with Crippen LogP contribution < -0.4 is 10.6 Å². The molecule has 1 atom stereocenters. The fourth-order valence-corrected chi connectivity index (χ4v) is 2.60. The molecule has 0 fully saturated rings. The first-order valence-electron chi connectivity index (χ1n) is 7.64. The summed E-state index contributed by atoms with van der Waals surface area (Å²) in [6, 6.07) is 12.5. The molecule has 6 nitrogen and oxygen atoms in total. The minimum atomic E-state index is -0.867. The number of hydrogen-bond donors (Lipinski definition) is 2. The van der Waals surface area contributed by atoms with Crippen molar-refractivity contribution in [3.63, 3.8) is 0 Å². The number of amides is 2. The first kappa shape index (κ1) is 16.6. The third-order valence-corrected chi connectivity index (χ3v) is 3.74. The van der Waals surface area contributed by atoms with Crippen molar-refractivity contribution in [1.29, 1.82) is 0 Å². The van der Waals surface area contributed by atoms with Crippen LogP contribution in [0.15, 0.2) is 48.5 Å². The van der Waals surface area contributed by atoms with Crippen LogP contribution in [0.5, 0.6) is 0 Å². The van der Waals surface area contributed by atoms with E-state index in [-0.39, 0.29) is 12.1 Å². The monoisotopic (exact) mass is 342 g/mol. The number of rotatable bonds is 4. The number of benzene rings is 2. The molecule has 0 aliphatic carbocycles. The van der Waals surface area contributed by atoms with E-state index in [0.29, 0.717) is 11.3 Å². The van der Waals surface area contributed by atoms with Gasteiger partial charge >= 0.3 is 5.97 Å². The summed E-state index contributed by atoms with van der Waals surface area (Å²) < 4.78 is 18.3. The summed E-state index contributed by atoms with van der Waals surface area (Å²) in [6.45, 7) is -0.470. The fourth-order valence-electron chi connectivity index (χ4n) is 2.60. The van der Waals surface area contributed by atoms with E-state index in [2.05, 4.69) is 10.6 Å². The maximum atomic E-state index is 13.3. The van der Waals surface area contributed by atoms with Crippen LogP contribution in [0.2, 0.25) is 0 Å². The van der Waals surface area contributed by atoms with E-state index in [9.17, 15) is 18.8 Å². The number of para-hydroxylation sites is 1. The minimum Gasteiger partial charge on any atom is -0.455 e. The lowest BCUT2D eigenvalue weighted by Crippen LogP contribution is -2.30. The van der Waals surface area contributed by atoms with Crippen LogP contribution in [0.1, 0.15) is 17.9 Å². The Balaban J connectivity index is 1.64. The van der Waals surface area contributed by atoms with Crippen LogP contribution >= 0.6 is 0 Å². The van der Waals surface area contributed by atoms with Crippen molar-refractivity contribution < 1.29 is 23.5 Å². The minimum absolute atomic E-state index is 0.113. The van der Waals surface area contributed by atoms with Gasteiger partial charge in [-0.05, 0) is 29.8 Å². The predicted molar refractivity (Wildman–Crippen MR) is 88.4 cm³/mol. The van der Waals surface area contributed by atoms with Gasteiger partial charge in [0.25, 0.3) is 5.91 Å². The quantitative estimate of drug-likeness (QED) is 0.836. The van der Waals surface area contributed by atoms with Gasteiger partial charge in [-0.2, -0.15) is 0 Å². The van der Waals surface area contributed by atoms with E-state index in [1.807, 2.05) is 6.07 Å². The maximum absolute atomic E-state index is 13.3. The van der Waals surface area contributed by atoms with E-state index in [4.69, 9.17) is 4.74 Å². The number of halogens is 1. The number of esters is 1. The van der Waals surface area contributed by atoms with Crippen LogP contribution in [-0.2, 0) is 19.1 Å². The van der Waals surface area contributed by atoms with E-state index >= 15 is 0 Å². The van der Waals surface area contributed by atoms with Gasteiger partial charge in [-0.25, -0.2) is 4.39 Å². The topological polar surface area (TPSA) is 84.5 Å². The summed E-state index contributed by atoms with van der Waals surface area (Å²) in [7, 11) is 0. The van der Waals surface area contributed by atoms with Gasteiger partial charge in [0.15, 0.2) is 6.61 Å². The van der Waals surface area contributed by atoms with Gasteiger partial charge in [-0.3, -0.25) is 14.4 Å². The zero-order chi connectivity index (χ0) is 17.8. The lowest BCUT2D eigenvalue weighted by molar-refractivity contribution is -0.149. The van der Waals surface area contributed by atoms with Gasteiger partial charge in [0, 0.05) is 17.8 Å². The molecule has 25 heavy (non-hydrogen) atoms. The second-order valence-corrected chi connectivity index (χ2v) is 5.56. The highest BCUT2D eigenvalue weighted by Gasteiger charge is 2.32. The van der Waals surface area contributed by atoms with Gasteiger partial charge in [-0.1, -0.05) is 24.3 Å². The number of carbonyl (C=O) groups is 3. The lowest BCUT2D eigenvalue weighted by Gasteiger charge is -2.24. The molecule has 1 aliphatic rings. The zero-order valence-electron chi connectivity index (χ0n) is 13.1. The highest BCUT2D eigenvalue weighted by Crippen LogP contribution is 2.33. The molecule has 0 unspecified atom stereocenters. The molecule has 2 aromatic carbocycles. The van der Waals surface area contributed by atoms with Crippen molar-refractivity contribution >= 4 is 29.2 Å². The summed E-state index contributed by atoms with van der Waals surface area (Å²) in [5.41, 5.74) is 1.29. The second-order valence-electron chi connectivity index (χ2n) is 5.56. The maximum Gasteiger partial charge on any atom is 0.314 e. The number of ether oxygens (including phenoxy) is 1. The van der Waals surface area contributed by atoms with E-state index in [0.717, 1.165) is 6.07 Å². The van der Waals surface area contributed by atoms with Crippen molar-refractivity contribution in [3.05, 3.63) is 59.9 Å². The highest BCUT2D eigenvalue weighted by atomic mass is 19.1. The fraction of sp³-hybridized carbons (Fsp3) is 0.167. The van der Waals surface area contributed by atoms with Gasteiger partial charge in [0.2, 0.25) is 5.91 Å². The molecule has 0 saturated heterocycles. The molecule has 2 N–H and O–H groups in total. The average molecular weight is 342 g/mol. The Morgan fingerprint density at radius 3 is 2.72 bits per heavy atom. The standard InChI is InChI=1S/C18H15FN2O4/c19-11-6-7-13-14(9-16(22)21-15(13)8-11)18(24)25-10-17(23)20-12-4-2-1-3-5-12/h1-8,14H,9-10H2,(H,20,23)(H,21,22)/t14-/m1/s1. The van der Waals surface area contributed by atoms with E-state index < -0.39 is 36.1 Å². The first-order valence-corrected chi connectivity index (χ1v) is 7.64. The van der Waals surface area contributed by atoms with Gasteiger partial charge < -0.3 is 15.4 Å². The number of anilines is 2. The first-order chi connectivity index (χ1) is 12.0. The number of hydrogen-bond acceptors (Lipinski definition) is 4. The molecule has 0 bridgehead atoms. The number of carbonyl (C=O) groups excluding carboxylic acids is 3. The summed E-state index contributed by atoms with van der Waals surface area (Å²) in [5.74, 6) is -2.98. The molecule has 0 saturated carbocycles. The van der Waals surface area contributed by atoms with Crippen molar-refractivity contribution in [2.24, 2.45) is 0 Å². The molecule has 3 rings (SSSR count). The summed E-state index contributed by atoms with van der Waals surface area (Å²) >= 11 is 0. The largest absolute Gasteiger partial charge is 0.455 e. The van der Waals surface area contributed by atoms with Crippen LogP contribution in [0.25, 0.3) is 0 Å². The molecule has 2 amide bonds. The zero-order valence-corrected chi connectivity index (χ0v) is 13.1. The summed E-state index contributed by atoms with van der Waals surface area (Å²) in [5, 5.41) is 5.11. The van der Waals surface area contributed by atoms with Crippen LogP contribution in [0.4, 0.5) is 15.8 Å². The Kier molecular flexibility index (Phi) is 4.74. The number of fused-ring (bicyclic) bond motifs is 1. The molecule has 0 radical (unpaired) electrons. The summed E-state index contributed by atoms with van der Waals surface area (Å²) in [4.78, 5) is 35.8. The molecule has 0 spiro atoms. The van der Waals surface area contributed by atoms with Crippen LogP contribution in [-0.4, -0.2) is 24.4 Å². The van der Waals surface area contributed by atoms with Crippen molar-refractivity contribution in [3.8, 4) is 0 Å². The Hall–Kier alpha value is -3.22. The van der Waals surface area contributed by atoms with Crippen LogP contribution in [0, 0.1) is 5.82 Å². The molecular weight excluding hydrogens is 327 g/mol. The Morgan fingerprint density at radius 1 is 1.20 bits per heavy atom. The van der Waals surface area contributed by atoms with Crippen molar-refractivity contribution in [2.45, 2.75) is 12.3 Å². The highest BCUT2D eigenvalue weighted by molar-refractivity contribution is 6.00. The average Bonchev–Trinajstić information content (AvgIpc) is 2.59. The summed E-state index contributed by atoms with van der Waals surface area (Å²) in [6.07, 6.45) is -0.113. The third-order valence-electron chi connectivity index (χ3n) is 3.74. The number of nitrogens with one attached hydrogen (secondary N) is 2. The van der Waals surface area contributed by atoms with Gasteiger partial charge in [0.05, 0.1) is 5.92 Å². The molecule has 128 valence electrons. The molecular formula is C18H15FN2O4. The molecule has 2 aromatic rings. The molecule has 7 heteroatoms. The SMILES string of the molecule is O=C(COC(=O)[C@@H]1CC(=O)Nc2cc(F)ccc21)Nc1ccccc1. The van der Waals surface area contributed by atoms with Crippen molar-refractivity contribution in [2.75, 3.05) is 17.2 Å². The molecule has 0 aromatic heterocycles. The molecule has 1 aliphatic heterocycles. The van der Waals surface area contributed by atoms with E-state index in [1.165, 1.54) is 12.1 Å². The van der Waals surface area contributed by atoms with Gasteiger partial charge in [0.1, 0.15) is 5.82 Å². The Labute approximate surface area is 143 Å². The van der Waals surface area contributed by atoms with Gasteiger partial charge in [-0.15, -0.1) is 0 Å². The molecule has 1 heterocycles. The Bertz CT molecular complexity index is 823. The van der Waals surface area contributed by atoms with Crippen molar-refractivity contribution in [1.82, 2.24) is 0 Å². The third kappa shape index (κ3) is 4.00. The normalized spacial score (nSPS) is 15.7. The lowest BCUT2D eigenvalue weighted by atomic mass is 9.90. The smallest absolute Gasteiger partial charge is 0.314 e. The Morgan fingerprint density at radius 2 is 1.96 bits per heavy atom. The second kappa shape index (κ2) is 7.12.